The molecule has 1 N–H and O–H groups in total. The van der Waals surface area contributed by atoms with E-state index in [2.05, 4.69) is 56.4 Å². The highest BCUT2D eigenvalue weighted by Gasteiger charge is 2.24. The summed E-state index contributed by atoms with van der Waals surface area (Å²) in [5.41, 5.74) is 1.45. The Morgan fingerprint density at radius 3 is 2.26 bits per heavy atom. The molecular weight excluding hydrogens is 230 g/mol. The maximum absolute atomic E-state index is 3.91. The summed E-state index contributed by atoms with van der Waals surface area (Å²) in [5.74, 6) is 1.62. The van der Waals surface area contributed by atoms with E-state index in [1.165, 1.54) is 37.7 Å². The van der Waals surface area contributed by atoms with Crippen molar-refractivity contribution in [2.24, 2.45) is 11.8 Å². The van der Waals surface area contributed by atoms with Crippen molar-refractivity contribution < 1.29 is 0 Å². The van der Waals surface area contributed by atoms with Gasteiger partial charge in [-0.05, 0) is 43.6 Å². The van der Waals surface area contributed by atoms with Crippen LogP contribution in [0.4, 0.5) is 0 Å². The zero-order valence-corrected chi connectivity index (χ0v) is 12.7. The zero-order valence-electron chi connectivity index (χ0n) is 12.7. The van der Waals surface area contributed by atoms with Crippen molar-refractivity contribution in [3.8, 4) is 0 Å². The Bertz CT molecular complexity index is 351. The Hall–Kier alpha value is -0.820. The van der Waals surface area contributed by atoms with Crippen LogP contribution in [0.15, 0.2) is 30.3 Å². The van der Waals surface area contributed by atoms with Crippen LogP contribution < -0.4 is 5.32 Å². The van der Waals surface area contributed by atoms with Gasteiger partial charge in [-0.2, -0.15) is 0 Å². The first kappa shape index (κ1) is 14.6. The molecule has 1 saturated carbocycles. The molecule has 0 amide bonds. The summed E-state index contributed by atoms with van der Waals surface area (Å²) in [5, 5.41) is 3.91. The molecule has 0 radical (unpaired) electrons. The van der Waals surface area contributed by atoms with E-state index < -0.39 is 0 Å². The molecule has 1 fully saturated rings. The van der Waals surface area contributed by atoms with Crippen molar-refractivity contribution in [1.82, 2.24) is 5.32 Å². The molecule has 1 aromatic carbocycles. The molecule has 2 atom stereocenters. The average molecular weight is 259 g/mol. The Kier molecular flexibility index (Phi) is 5.45. The number of hydrogen-bond donors (Lipinski definition) is 1. The highest BCUT2D eigenvalue weighted by Crippen LogP contribution is 2.30. The third-order valence-electron chi connectivity index (χ3n) is 4.48. The van der Waals surface area contributed by atoms with Crippen LogP contribution in [0, 0.1) is 11.8 Å². The van der Waals surface area contributed by atoms with Crippen molar-refractivity contribution in [2.45, 2.75) is 65.0 Å². The van der Waals surface area contributed by atoms with Gasteiger partial charge in [0.15, 0.2) is 0 Å². The lowest BCUT2D eigenvalue weighted by Gasteiger charge is -2.28. The molecule has 106 valence electrons. The first-order chi connectivity index (χ1) is 9.16. The van der Waals surface area contributed by atoms with E-state index in [1.807, 2.05) is 0 Å². The summed E-state index contributed by atoms with van der Waals surface area (Å²) in [6.07, 6.45) is 6.91. The Labute approximate surface area is 118 Å². The molecule has 1 aliphatic rings. The number of hydrogen-bond acceptors (Lipinski definition) is 1. The molecule has 19 heavy (non-hydrogen) atoms. The summed E-state index contributed by atoms with van der Waals surface area (Å²) < 4.78 is 0. The molecule has 1 nitrogen and oxygen atoms in total. The summed E-state index contributed by atoms with van der Waals surface area (Å²) in [6.45, 7) is 7.02. The highest BCUT2D eigenvalue weighted by molar-refractivity contribution is 5.19. The minimum atomic E-state index is 0.511. The van der Waals surface area contributed by atoms with Gasteiger partial charge in [-0.1, -0.05) is 57.0 Å². The Morgan fingerprint density at radius 2 is 1.68 bits per heavy atom. The maximum atomic E-state index is 3.91. The minimum absolute atomic E-state index is 0.511. The van der Waals surface area contributed by atoms with Crippen molar-refractivity contribution in [1.29, 1.82) is 0 Å². The molecule has 0 aliphatic heterocycles. The van der Waals surface area contributed by atoms with Crippen LogP contribution in [0.5, 0.6) is 0 Å². The molecule has 0 bridgehead atoms. The lowest BCUT2D eigenvalue weighted by atomic mass is 9.93. The lowest BCUT2D eigenvalue weighted by molar-refractivity contribution is 0.317. The molecule has 2 rings (SSSR count). The number of nitrogens with one attached hydrogen (secondary N) is 1. The van der Waals surface area contributed by atoms with Gasteiger partial charge in [-0.25, -0.2) is 0 Å². The summed E-state index contributed by atoms with van der Waals surface area (Å²) in [7, 11) is 0. The van der Waals surface area contributed by atoms with E-state index in [-0.39, 0.29) is 0 Å². The molecule has 0 heterocycles. The molecule has 0 aromatic heterocycles. The number of benzene rings is 1. The second kappa shape index (κ2) is 7.09. The van der Waals surface area contributed by atoms with Gasteiger partial charge in [-0.15, -0.1) is 0 Å². The Morgan fingerprint density at radius 1 is 1.05 bits per heavy atom. The molecule has 1 aromatic rings. The van der Waals surface area contributed by atoms with Crippen LogP contribution in [0.2, 0.25) is 0 Å². The average Bonchev–Trinajstić information content (AvgIpc) is 2.92. The molecule has 2 unspecified atom stereocenters. The third-order valence-corrected chi connectivity index (χ3v) is 4.48. The van der Waals surface area contributed by atoms with E-state index in [0.717, 1.165) is 11.8 Å². The van der Waals surface area contributed by atoms with Gasteiger partial charge in [0.2, 0.25) is 0 Å². The normalized spacial score (nSPS) is 19.8. The fourth-order valence-electron chi connectivity index (χ4n) is 3.37. The van der Waals surface area contributed by atoms with E-state index in [4.69, 9.17) is 0 Å². The van der Waals surface area contributed by atoms with Gasteiger partial charge >= 0.3 is 0 Å². The predicted molar refractivity (Wildman–Crippen MR) is 83.2 cm³/mol. The van der Waals surface area contributed by atoms with Crippen LogP contribution >= 0.6 is 0 Å². The van der Waals surface area contributed by atoms with Gasteiger partial charge in [0.05, 0.1) is 0 Å². The van der Waals surface area contributed by atoms with Crippen LogP contribution in [0.3, 0.4) is 0 Å². The topological polar surface area (TPSA) is 12.0 Å². The molecule has 0 saturated heterocycles. The van der Waals surface area contributed by atoms with Crippen LogP contribution in [-0.4, -0.2) is 6.04 Å². The third kappa shape index (κ3) is 4.35. The van der Waals surface area contributed by atoms with Crippen LogP contribution in [0.1, 0.15) is 64.5 Å². The van der Waals surface area contributed by atoms with E-state index in [0.29, 0.717) is 12.1 Å². The predicted octanol–water partition coefficient (Wildman–Crippen LogP) is 4.94. The quantitative estimate of drug-likeness (QED) is 0.763. The lowest BCUT2D eigenvalue weighted by Crippen LogP contribution is -2.36. The van der Waals surface area contributed by atoms with Gasteiger partial charge < -0.3 is 5.32 Å². The van der Waals surface area contributed by atoms with Crippen molar-refractivity contribution in [3.63, 3.8) is 0 Å². The number of rotatable bonds is 6. The summed E-state index contributed by atoms with van der Waals surface area (Å²) in [6, 6.07) is 12.1. The van der Waals surface area contributed by atoms with Crippen LogP contribution in [-0.2, 0) is 0 Å². The first-order valence-corrected chi connectivity index (χ1v) is 7.98. The van der Waals surface area contributed by atoms with E-state index in [1.54, 1.807) is 0 Å². The van der Waals surface area contributed by atoms with Gasteiger partial charge in [0.1, 0.15) is 0 Å². The molecule has 1 heteroatoms. The SMILES string of the molecule is CC(C)CC(NC(C)C1CCCC1)c1ccccc1. The molecule has 0 spiro atoms. The van der Waals surface area contributed by atoms with Crippen molar-refractivity contribution in [3.05, 3.63) is 35.9 Å². The van der Waals surface area contributed by atoms with Gasteiger partial charge in [-0.3, -0.25) is 0 Å². The largest absolute Gasteiger partial charge is 0.307 e. The van der Waals surface area contributed by atoms with Crippen molar-refractivity contribution in [2.75, 3.05) is 0 Å². The van der Waals surface area contributed by atoms with Crippen molar-refractivity contribution >= 4 is 0 Å². The second-order valence-electron chi connectivity index (χ2n) is 6.59. The zero-order chi connectivity index (χ0) is 13.7. The van der Waals surface area contributed by atoms with Gasteiger partial charge in [0, 0.05) is 12.1 Å². The fourth-order valence-corrected chi connectivity index (χ4v) is 3.37. The smallest absolute Gasteiger partial charge is 0.0325 e. The van der Waals surface area contributed by atoms with E-state index >= 15 is 0 Å². The summed E-state index contributed by atoms with van der Waals surface area (Å²) in [4.78, 5) is 0. The molecular formula is C18H29N. The molecule has 1 aliphatic carbocycles. The van der Waals surface area contributed by atoms with Gasteiger partial charge in [0.25, 0.3) is 0 Å². The maximum Gasteiger partial charge on any atom is 0.0325 e. The standard InChI is InChI=1S/C18H29N/c1-14(2)13-18(17-11-5-4-6-12-17)19-15(3)16-9-7-8-10-16/h4-6,11-12,14-16,18-19H,7-10,13H2,1-3H3. The monoisotopic (exact) mass is 259 g/mol. The second-order valence-corrected chi connectivity index (χ2v) is 6.59. The Balaban J connectivity index is 2.01. The fraction of sp³-hybridized carbons (Fsp3) is 0.667. The first-order valence-electron chi connectivity index (χ1n) is 7.98. The van der Waals surface area contributed by atoms with Crippen LogP contribution in [0.25, 0.3) is 0 Å². The highest BCUT2D eigenvalue weighted by atomic mass is 15.0. The summed E-state index contributed by atoms with van der Waals surface area (Å²) >= 11 is 0. The van der Waals surface area contributed by atoms with E-state index in [9.17, 15) is 0 Å². The minimum Gasteiger partial charge on any atom is -0.307 e.